The van der Waals surface area contributed by atoms with Crippen LogP contribution in [-0.2, 0) is 10.0 Å². The molecule has 18 heavy (non-hydrogen) atoms. The molecule has 0 aliphatic heterocycles. The fraction of sp³-hybridized carbons (Fsp3) is 0.273. The van der Waals surface area contributed by atoms with Crippen LogP contribution >= 0.6 is 0 Å². The lowest BCUT2D eigenvalue weighted by atomic mass is 10.1. The summed E-state index contributed by atoms with van der Waals surface area (Å²) in [6.45, 7) is -0.0230. The van der Waals surface area contributed by atoms with E-state index in [0.717, 1.165) is 0 Å². The number of carbonyl (C=O) groups excluding carboxylic acids is 2. The van der Waals surface area contributed by atoms with Gasteiger partial charge in [0.2, 0.25) is 10.0 Å². The average molecular weight is 270 g/mol. The number of benzene rings is 1. The van der Waals surface area contributed by atoms with Crippen molar-refractivity contribution >= 4 is 22.2 Å². The zero-order valence-electron chi connectivity index (χ0n) is 9.87. The van der Waals surface area contributed by atoms with Crippen molar-refractivity contribution in [3.05, 3.63) is 35.4 Å². The molecule has 6 nitrogen and oxygen atoms in total. The van der Waals surface area contributed by atoms with Crippen LogP contribution in [0.5, 0.6) is 0 Å². The van der Waals surface area contributed by atoms with Crippen LogP contribution < -0.4 is 5.14 Å². The summed E-state index contributed by atoms with van der Waals surface area (Å²) < 4.78 is 21.6. The standard InChI is InChI=1S/C11H14N2O4S/c1-13(6-7-18(12,16)17)11(15)10-5-3-2-4-9(10)8-14/h2-5,8H,6-7H2,1H3,(H2,12,16,17). The molecule has 0 aliphatic carbocycles. The number of hydrogen-bond acceptors (Lipinski definition) is 4. The van der Waals surface area contributed by atoms with Crippen molar-refractivity contribution in [3.63, 3.8) is 0 Å². The van der Waals surface area contributed by atoms with Gasteiger partial charge in [0, 0.05) is 19.2 Å². The third-order valence-corrected chi connectivity index (χ3v) is 3.13. The minimum Gasteiger partial charge on any atom is -0.341 e. The van der Waals surface area contributed by atoms with Gasteiger partial charge in [-0.3, -0.25) is 9.59 Å². The van der Waals surface area contributed by atoms with E-state index in [4.69, 9.17) is 5.14 Å². The van der Waals surface area contributed by atoms with E-state index in [9.17, 15) is 18.0 Å². The number of hydrogen-bond donors (Lipinski definition) is 1. The van der Waals surface area contributed by atoms with Gasteiger partial charge in [0.05, 0.1) is 11.3 Å². The molecular weight excluding hydrogens is 256 g/mol. The summed E-state index contributed by atoms with van der Waals surface area (Å²) in [5.74, 6) is -0.736. The summed E-state index contributed by atoms with van der Waals surface area (Å²) in [6.07, 6.45) is 0.584. The molecule has 0 heterocycles. The van der Waals surface area contributed by atoms with Crippen molar-refractivity contribution < 1.29 is 18.0 Å². The van der Waals surface area contributed by atoms with E-state index < -0.39 is 15.9 Å². The number of carbonyl (C=O) groups is 2. The molecule has 7 heteroatoms. The van der Waals surface area contributed by atoms with Gasteiger partial charge in [0.15, 0.2) is 6.29 Å². The summed E-state index contributed by atoms with van der Waals surface area (Å²) in [7, 11) is -2.16. The van der Waals surface area contributed by atoms with Crippen LogP contribution in [0.25, 0.3) is 0 Å². The van der Waals surface area contributed by atoms with Gasteiger partial charge in [-0.15, -0.1) is 0 Å². The van der Waals surface area contributed by atoms with Gasteiger partial charge >= 0.3 is 0 Å². The normalized spacial score (nSPS) is 11.0. The van der Waals surface area contributed by atoms with E-state index in [1.165, 1.54) is 24.1 Å². The molecule has 0 saturated carbocycles. The number of sulfonamides is 1. The van der Waals surface area contributed by atoms with E-state index in [1.54, 1.807) is 12.1 Å². The SMILES string of the molecule is CN(CCS(N)(=O)=O)C(=O)c1ccccc1C=O. The highest BCUT2D eigenvalue weighted by atomic mass is 32.2. The Morgan fingerprint density at radius 2 is 2.00 bits per heavy atom. The molecule has 0 spiro atoms. The van der Waals surface area contributed by atoms with Crippen LogP contribution in [0.2, 0.25) is 0 Å². The smallest absolute Gasteiger partial charge is 0.254 e. The van der Waals surface area contributed by atoms with Crippen LogP contribution in [-0.4, -0.2) is 44.9 Å². The van der Waals surface area contributed by atoms with E-state index in [0.29, 0.717) is 6.29 Å². The Morgan fingerprint density at radius 3 is 2.56 bits per heavy atom. The Labute approximate surface area is 105 Å². The number of nitrogens with zero attached hydrogens (tertiary/aromatic N) is 1. The largest absolute Gasteiger partial charge is 0.341 e. The molecule has 0 radical (unpaired) electrons. The van der Waals surface area contributed by atoms with E-state index in [-0.39, 0.29) is 23.4 Å². The fourth-order valence-corrected chi connectivity index (χ4v) is 1.89. The average Bonchev–Trinajstić information content (AvgIpc) is 2.34. The van der Waals surface area contributed by atoms with E-state index >= 15 is 0 Å². The molecule has 1 rings (SSSR count). The summed E-state index contributed by atoms with van der Waals surface area (Å²) in [6, 6.07) is 6.31. The van der Waals surface area contributed by atoms with Crippen molar-refractivity contribution in [2.45, 2.75) is 0 Å². The van der Waals surface area contributed by atoms with Crippen LogP contribution in [0, 0.1) is 0 Å². The minimum atomic E-state index is -3.61. The topological polar surface area (TPSA) is 97.5 Å². The third-order valence-electron chi connectivity index (χ3n) is 2.38. The van der Waals surface area contributed by atoms with Crippen LogP contribution in [0.15, 0.2) is 24.3 Å². The predicted octanol–water partition coefficient (Wildman–Crippen LogP) is -0.140. The van der Waals surface area contributed by atoms with Crippen LogP contribution in [0.4, 0.5) is 0 Å². The van der Waals surface area contributed by atoms with Gasteiger partial charge < -0.3 is 4.90 Å². The van der Waals surface area contributed by atoms with Gasteiger partial charge in [0.25, 0.3) is 5.91 Å². The molecule has 0 saturated heterocycles. The van der Waals surface area contributed by atoms with Crippen molar-refractivity contribution in [3.8, 4) is 0 Å². The van der Waals surface area contributed by atoms with Crippen molar-refractivity contribution in [2.24, 2.45) is 5.14 Å². The van der Waals surface area contributed by atoms with E-state index in [1.807, 2.05) is 0 Å². The first kappa shape index (κ1) is 14.3. The molecule has 1 aromatic rings. The lowest BCUT2D eigenvalue weighted by Gasteiger charge is -2.17. The second-order valence-electron chi connectivity index (χ2n) is 3.80. The molecular formula is C11H14N2O4S. The molecule has 0 aliphatic rings. The Morgan fingerprint density at radius 1 is 1.39 bits per heavy atom. The summed E-state index contributed by atoms with van der Waals surface area (Å²) >= 11 is 0. The number of amides is 1. The van der Waals surface area contributed by atoms with Crippen LogP contribution in [0.1, 0.15) is 20.7 Å². The Bertz CT molecular complexity index is 554. The van der Waals surface area contributed by atoms with Crippen molar-refractivity contribution in [1.29, 1.82) is 0 Å². The number of rotatable bonds is 5. The molecule has 0 bridgehead atoms. The molecule has 0 fully saturated rings. The number of primary sulfonamides is 1. The van der Waals surface area contributed by atoms with Gasteiger partial charge in [-0.2, -0.15) is 0 Å². The van der Waals surface area contributed by atoms with Crippen molar-refractivity contribution in [1.82, 2.24) is 4.90 Å². The fourth-order valence-electron chi connectivity index (χ4n) is 1.37. The van der Waals surface area contributed by atoms with Gasteiger partial charge in [-0.05, 0) is 6.07 Å². The first-order chi connectivity index (χ1) is 8.35. The third kappa shape index (κ3) is 3.94. The Hall–Kier alpha value is -1.73. The van der Waals surface area contributed by atoms with Gasteiger partial charge in [-0.25, -0.2) is 13.6 Å². The lowest BCUT2D eigenvalue weighted by Crippen LogP contribution is -2.34. The maximum absolute atomic E-state index is 12.0. The molecule has 98 valence electrons. The van der Waals surface area contributed by atoms with Crippen molar-refractivity contribution in [2.75, 3.05) is 19.3 Å². The first-order valence-corrected chi connectivity index (χ1v) is 6.87. The molecule has 0 atom stereocenters. The maximum Gasteiger partial charge on any atom is 0.254 e. The Balaban J connectivity index is 2.83. The maximum atomic E-state index is 12.0. The molecule has 1 aromatic carbocycles. The highest BCUT2D eigenvalue weighted by Crippen LogP contribution is 2.09. The van der Waals surface area contributed by atoms with E-state index in [2.05, 4.69) is 0 Å². The lowest BCUT2D eigenvalue weighted by molar-refractivity contribution is 0.0800. The predicted molar refractivity (Wildman–Crippen MR) is 66.8 cm³/mol. The molecule has 2 N–H and O–H groups in total. The van der Waals surface area contributed by atoms with Gasteiger partial charge in [-0.1, -0.05) is 18.2 Å². The summed E-state index contributed by atoms with van der Waals surface area (Å²) in [5, 5.41) is 4.86. The zero-order chi connectivity index (χ0) is 13.8. The zero-order valence-corrected chi connectivity index (χ0v) is 10.7. The molecule has 0 aromatic heterocycles. The molecule has 0 unspecified atom stereocenters. The quantitative estimate of drug-likeness (QED) is 0.753. The highest BCUT2D eigenvalue weighted by Gasteiger charge is 2.16. The van der Waals surface area contributed by atoms with Crippen LogP contribution in [0.3, 0.4) is 0 Å². The second-order valence-corrected chi connectivity index (χ2v) is 5.53. The Kier molecular flexibility index (Phi) is 4.57. The second kappa shape index (κ2) is 5.74. The summed E-state index contributed by atoms with van der Waals surface area (Å²) in [4.78, 5) is 24.0. The highest BCUT2D eigenvalue weighted by molar-refractivity contribution is 7.89. The molecule has 1 amide bonds. The monoisotopic (exact) mass is 270 g/mol. The number of aldehydes is 1. The first-order valence-electron chi connectivity index (χ1n) is 5.15. The minimum absolute atomic E-state index is 0.0230. The number of nitrogens with two attached hydrogens (primary N) is 1. The van der Waals surface area contributed by atoms with Gasteiger partial charge in [0.1, 0.15) is 0 Å². The summed E-state index contributed by atoms with van der Waals surface area (Å²) in [5.41, 5.74) is 0.509.